The Morgan fingerprint density at radius 1 is 1.13 bits per heavy atom. The zero-order valence-electron chi connectivity index (χ0n) is 15.4. The van der Waals surface area contributed by atoms with Crippen molar-refractivity contribution < 1.29 is 19.2 Å². The number of nitrogens with zero attached hydrogens (tertiary/aromatic N) is 4. The van der Waals surface area contributed by atoms with Gasteiger partial charge in [0.05, 0.1) is 22.7 Å². The molecule has 0 aliphatic heterocycles. The van der Waals surface area contributed by atoms with Gasteiger partial charge in [-0.1, -0.05) is 23.7 Å². The Kier molecular flexibility index (Phi) is 7.08. The molecule has 0 spiro atoms. The van der Waals surface area contributed by atoms with Crippen LogP contribution in [0, 0.1) is 44.1 Å². The SMILES string of the molecule is CCOC(=O)/C(Oc1cc(C#N)c(C#N)cc1[N+](=O)[O-])=C(\C#N)c1ccc(Cl)cc1. The lowest BCUT2D eigenvalue weighted by Gasteiger charge is -2.12. The van der Waals surface area contributed by atoms with Gasteiger partial charge in [-0.15, -0.1) is 0 Å². The lowest BCUT2D eigenvalue weighted by atomic mass is 10.1. The smallest absolute Gasteiger partial charge is 0.375 e. The summed E-state index contributed by atoms with van der Waals surface area (Å²) in [4.78, 5) is 23.1. The van der Waals surface area contributed by atoms with Crippen molar-refractivity contribution in [1.82, 2.24) is 0 Å². The second-order valence-corrected chi connectivity index (χ2v) is 5.93. The first-order valence-corrected chi connectivity index (χ1v) is 8.61. The fraction of sp³-hybridized carbons (Fsp3) is 0.100. The van der Waals surface area contributed by atoms with Crippen LogP contribution < -0.4 is 4.74 Å². The molecule has 2 aromatic carbocycles. The molecule has 0 heterocycles. The van der Waals surface area contributed by atoms with Gasteiger partial charge in [0.25, 0.3) is 0 Å². The molecule has 0 unspecified atom stereocenters. The highest BCUT2D eigenvalue weighted by molar-refractivity contribution is 6.30. The number of nitriles is 3. The number of hydrogen-bond acceptors (Lipinski definition) is 8. The summed E-state index contributed by atoms with van der Waals surface area (Å²) in [5.41, 5.74) is -1.12. The standard InChI is InChI=1S/C20H11ClN4O5/c1-2-29-20(26)19(16(11-24)12-3-5-15(21)6-4-12)30-18-8-14(10-23)13(9-22)7-17(18)25(27)28/h3-8H,2H2,1H3/b19-16-. The molecule has 0 atom stereocenters. The molecule has 10 heteroatoms. The lowest BCUT2D eigenvalue weighted by molar-refractivity contribution is -0.385. The maximum Gasteiger partial charge on any atom is 0.375 e. The normalized spacial score (nSPS) is 10.6. The van der Waals surface area contributed by atoms with Gasteiger partial charge in [-0.05, 0) is 24.6 Å². The average molecular weight is 423 g/mol. The van der Waals surface area contributed by atoms with Gasteiger partial charge in [0.1, 0.15) is 23.8 Å². The minimum absolute atomic E-state index is 0.0517. The maximum atomic E-state index is 12.5. The highest BCUT2D eigenvalue weighted by Gasteiger charge is 2.27. The van der Waals surface area contributed by atoms with E-state index in [-0.39, 0.29) is 28.9 Å². The van der Waals surface area contributed by atoms with E-state index in [4.69, 9.17) is 26.3 Å². The molecule has 0 fully saturated rings. The van der Waals surface area contributed by atoms with Crippen molar-refractivity contribution in [2.24, 2.45) is 0 Å². The Morgan fingerprint density at radius 3 is 2.23 bits per heavy atom. The van der Waals surface area contributed by atoms with E-state index in [2.05, 4.69) is 0 Å². The van der Waals surface area contributed by atoms with Crippen LogP contribution >= 0.6 is 11.6 Å². The van der Waals surface area contributed by atoms with Crippen LogP contribution in [0.2, 0.25) is 5.02 Å². The minimum atomic E-state index is -1.04. The number of nitro groups is 1. The molecule has 9 nitrogen and oxygen atoms in total. The van der Waals surface area contributed by atoms with Crippen LogP contribution in [0.4, 0.5) is 5.69 Å². The van der Waals surface area contributed by atoms with E-state index in [1.807, 2.05) is 6.07 Å². The third kappa shape index (κ3) is 4.71. The Morgan fingerprint density at radius 2 is 1.73 bits per heavy atom. The van der Waals surface area contributed by atoms with Crippen LogP contribution in [0.25, 0.3) is 5.57 Å². The molecule has 0 radical (unpaired) electrons. The number of esters is 1. The van der Waals surface area contributed by atoms with Crippen molar-refractivity contribution in [3.8, 4) is 24.0 Å². The highest BCUT2D eigenvalue weighted by Crippen LogP contribution is 2.33. The summed E-state index contributed by atoms with van der Waals surface area (Å²) in [6, 6.07) is 12.9. The van der Waals surface area contributed by atoms with Gasteiger partial charge >= 0.3 is 11.7 Å². The van der Waals surface area contributed by atoms with Crippen molar-refractivity contribution in [3.05, 3.63) is 74.0 Å². The lowest BCUT2D eigenvalue weighted by Crippen LogP contribution is -2.15. The molecular formula is C20H11ClN4O5. The third-order valence-electron chi connectivity index (χ3n) is 3.68. The number of halogens is 1. The summed E-state index contributed by atoms with van der Waals surface area (Å²) in [5, 5.41) is 39.7. The second-order valence-electron chi connectivity index (χ2n) is 5.49. The topological polar surface area (TPSA) is 150 Å². The van der Waals surface area contributed by atoms with E-state index in [9.17, 15) is 25.4 Å². The number of rotatable bonds is 6. The summed E-state index contributed by atoms with van der Waals surface area (Å²) in [6.45, 7) is 1.48. The van der Waals surface area contributed by atoms with Gasteiger partial charge in [0, 0.05) is 17.2 Å². The summed E-state index contributed by atoms with van der Waals surface area (Å²) in [5.74, 6) is -2.15. The van der Waals surface area contributed by atoms with Gasteiger partial charge < -0.3 is 9.47 Å². The van der Waals surface area contributed by atoms with E-state index in [0.29, 0.717) is 5.02 Å². The summed E-state index contributed by atoms with van der Waals surface area (Å²) < 4.78 is 10.4. The quantitative estimate of drug-likeness (QED) is 0.170. The van der Waals surface area contributed by atoms with Crippen LogP contribution in [-0.4, -0.2) is 17.5 Å². The first-order chi connectivity index (χ1) is 14.4. The highest BCUT2D eigenvalue weighted by atomic mass is 35.5. The van der Waals surface area contributed by atoms with Gasteiger partial charge in [-0.25, -0.2) is 4.79 Å². The molecule has 0 aliphatic rings. The zero-order valence-corrected chi connectivity index (χ0v) is 16.1. The zero-order chi connectivity index (χ0) is 22.3. The second kappa shape index (κ2) is 9.70. The van der Waals surface area contributed by atoms with Gasteiger partial charge in [0.15, 0.2) is 0 Å². The molecule has 0 aliphatic carbocycles. The molecule has 0 amide bonds. The Labute approximate surface area is 175 Å². The van der Waals surface area contributed by atoms with Crippen molar-refractivity contribution in [1.29, 1.82) is 15.8 Å². The predicted octanol–water partition coefficient (Wildman–Crippen LogP) is 3.87. The van der Waals surface area contributed by atoms with E-state index < -0.39 is 28.1 Å². The molecule has 0 saturated heterocycles. The largest absolute Gasteiger partial charge is 0.460 e. The molecule has 0 bridgehead atoms. The summed E-state index contributed by atoms with van der Waals surface area (Å²) in [6.07, 6.45) is 0. The van der Waals surface area contributed by atoms with Crippen LogP contribution in [0.3, 0.4) is 0 Å². The van der Waals surface area contributed by atoms with E-state index >= 15 is 0 Å². The predicted molar refractivity (Wildman–Crippen MR) is 104 cm³/mol. The van der Waals surface area contributed by atoms with Gasteiger partial charge in [0.2, 0.25) is 11.5 Å². The molecule has 0 N–H and O–H groups in total. The Balaban J connectivity index is 2.74. The number of carbonyl (C=O) groups is 1. The minimum Gasteiger partial charge on any atom is -0.460 e. The van der Waals surface area contributed by atoms with Crippen molar-refractivity contribution >= 4 is 28.8 Å². The van der Waals surface area contributed by atoms with Crippen molar-refractivity contribution in [3.63, 3.8) is 0 Å². The van der Waals surface area contributed by atoms with Gasteiger partial charge in [-0.2, -0.15) is 15.8 Å². The number of nitro benzene ring substituents is 1. The molecule has 0 saturated carbocycles. The van der Waals surface area contributed by atoms with Gasteiger partial charge in [-0.3, -0.25) is 10.1 Å². The van der Waals surface area contributed by atoms with Crippen LogP contribution in [-0.2, 0) is 9.53 Å². The van der Waals surface area contributed by atoms with E-state index in [1.165, 1.54) is 31.2 Å². The number of allylic oxidation sites excluding steroid dienone is 1. The number of hydrogen-bond donors (Lipinski definition) is 0. The summed E-state index contributed by atoms with van der Waals surface area (Å²) in [7, 11) is 0. The number of carbonyl (C=O) groups excluding carboxylic acids is 1. The Hall–Kier alpha value is -4.39. The fourth-order valence-corrected chi connectivity index (χ4v) is 2.47. The maximum absolute atomic E-state index is 12.5. The van der Waals surface area contributed by atoms with Crippen molar-refractivity contribution in [2.45, 2.75) is 6.92 Å². The first-order valence-electron chi connectivity index (χ1n) is 8.24. The molecule has 2 aromatic rings. The first kappa shape index (κ1) is 21.9. The van der Waals surface area contributed by atoms with E-state index in [0.717, 1.165) is 12.1 Å². The Bertz CT molecular complexity index is 1170. The average Bonchev–Trinajstić information content (AvgIpc) is 2.74. The third-order valence-corrected chi connectivity index (χ3v) is 3.93. The van der Waals surface area contributed by atoms with Crippen LogP contribution in [0.1, 0.15) is 23.6 Å². The molecular weight excluding hydrogens is 412 g/mol. The molecule has 148 valence electrons. The molecule has 30 heavy (non-hydrogen) atoms. The number of ether oxygens (including phenoxy) is 2. The molecule has 0 aromatic heterocycles. The van der Waals surface area contributed by atoms with Crippen molar-refractivity contribution in [2.75, 3.05) is 6.61 Å². The van der Waals surface area contributed by atoms with Crippen LogP contribution in [0.15, 0.2) is 42.2 Å². The molecule has 2 rings (SSSR count). The number of benzene rings is 2. The van der Waals surface area contributed by atoms with E-state index in [1.54, 1.807) is 12.1 Å². The summed E-state index contributed by atoms with van der Waals surface area (Å²) >= 11 is 5.84. The monoisotopic (exact) mass is 422 g/mol. The fourth-order valence-electron chi connectivity index (χ4n) is 2.34. The van der Waals surface area contributed by atoms with Crippen LogP contribution in [0.5, 0.6) is 5.75 Å².